The summed E-state index contributed by atoms with van der Waals surface area (Å²) in [6, 6.07) is 0. The van der Waals surface area contributed by atoms with Crippen LogP contribution in [0.25, 0.3) is 0 Å². The van der Waals surface area contributed by atoms with Gasteiger partial charge in [-0.2, -0.15) is 0 Å². The summed E-state index contributed by atoms with van der Waals surface area (Å²) < 4.78 is 2.14. The average molecular weight is 210 g/mol. The largest absolute Gasteiger partial charge is 0.333 e. The molecule has 0 atom stereocenters. The Kier molecular flexibility index (Phi) is 3.88. The molecule has 1 rings (SSSR count). The van der Waals surface area contributed by atoms with Crippen molar-refractivity contribution in [3.8, 4) is 0 Å². The Morgan fingerprint density at radius 1 is 1.47 bits per heavy atom. The third-order valence-electron chi connectivity index (χ3n) is 2.38. The number of aryl methyl sites for hydroxylation is 1. The number of hydrogen-bond acceptors (Lipinski definition) is 3. The van der Waals surface area contributed by atoms with Crippen molar-refractivity contribution in [1.82, 2.24) is 14.5 Å². The Balaban J connectivity index is 2.58. The number of aromatic nitrogens is 2. The fourth-order valence-corrected chi connectivity index (χ4v) is 1.59. The van der Waals surface area contributed by atoms with E-state index in [1.807, 2.05) is 26.4 Å². The summed E-state index contributed by atoms with van der Waals surface area (Å²) in [5, 5.41) is 0. The van der Waals surface area contributed by atoms with Crippen LogP contribution in [-0.4, -0.2) is 35.1 Å². The third-order valence-corrected chi connectivity index (χ3v) is 2.38. The minimum Gasteiger partial charge on any atom is -0.333 e. The van der Waals surface area contributed by atoms with E-state index in [0.29, 0.717) is 0 Å². The van der Waals surface area contributed by atoms with Crippen LogP contribution in [-0.2, 0) is 12.1 Å². The third kappa shape index (κ3) is 3.64. The molecule has 86 valence electrons. The van der Waals surface area contributed by atoms with Gasteiger partial charge >= 0.3 is 0 Å². The topological polar surface area (TPSA) is 47.1 Å². The predicted octanol–water partition coefficient (Wildman–Crippen LogP) is 1.03. The number of rotatable bonds is 5. The van der Waals surface area contributed by atoms with Crippen LogP contribution in [0.15, 0.2) is 12.5 Å². The molecule has 0 saturated heterocycles. The monoisotopic (exact) mass is 210 g/mol. The van der Waals surface area contributed by atoms with Gasteiger partial charge in [-0.15, -0.1) is 0 Å². The highest BCUT2D eigenvalue weighted by molar-refractivity contribution is 5.09. The van der Waals surface area contributed by atoms with Gasteiger partial charge in [-0.3, -0.25) is 0 Å². The Morgan fingerprint density at radius 3 is 2.67 bits per heavy atom. The minimum absolute atomic E-state index is 0.311. The van der Waals surface area contributed by atoms with Crippen LogP contribution >= 0.6 is 0 Å². The lowest BCUT2D eigenvalue weighted by molar-refractivity contribution is 0.379. The molecule has 1 heterocycles. The lowest BCUT2D eigenvalue weighted by Gasteiger charge is -2.21. The minimum atomic E-state index is -0.311. The van der Waals surface area contributed by atoms with Gasteiger partial charge in [0.05, 0.1) is 17.6 Å². The zero-order valence-electron chi connectivity index (χ0n) is 10.2. The zero-order valence-corrected chi connectivity index (χ0v) is 10.2. The maximum atomic E-state index is 6.06. The van der Waals surface area contributed by atoms with Gasteiger partial charge in [0, 0.05) is 12.7 Å². The fraction of sp³-hybridized carbons (Fsp3) is 0.727. The van der Waals surface area contributed by atoms with E-state index in [1.165, 1.54) is 0 Å². The van der Waals surface area contributed by atoms with Gasteiger partial charge in [0.25, 0.3) is 0 Å². The van der Waals surface area contributed by atoms with E-state index < -0.39 is 0 Å². The molecule has 15 heavy (non-hydrogen) atoms. The second-order valence-electron chi connectivity index (χ2n) is 4.85. The van der Waals surface area contributed by atoms with Crippen molar-refractivity contribution in [3.05, 3.63) is 18.2 Å². The van der Waals surface area contributed by atoms with Crippen LogP contribution in [0.2, 0.25) is 0 Å². The highest BCUT2D eigenvalue weighted by Crippen LogP contribution is 2.16. The molecule has 0 fully saturated rings. The van der Waals surface area contributed by atoms with E-state index in [9.17, 15) is 0 Å². The Labute approximate surface area is 92.1 Å². The van der Waals surface area contributed by atoms with Crippen molar-refractivity contribution < 1.29 is 0 Å². The molecule has 0 unspecified atom stereocenters. The lowest BCUT2D eigenvalue weighted by Crippen LogP contribution is -2.31. The molecule has 0 saturated carbocycles. The highest BCUT2D eigenvalue weighted by Gasteiger charge is 2.18. The first-order valence-corrected chi connectivity index (χ1v) is 5.35. The molecule has 0 aromatic carbocycles. The van der Waals surface area contributed by atoms with Crippen molar-refractivity contribution in [2.45, 2.75) is 32.4 Å². The van der Waals surface area contributed by atoms with Crippen molar-refractivity contribution in [2.75, 3.05) is 20.6 Å². The summed E-state index contributed by atoms with van der Waals surface area (Å²) in [6.45, 7) is 6.08. The molecular formula is C11H22N4. The van der Waals surface area contributed by atoms with Gasteiger partial charge in [-0.1, -0.05) is 0 Å². The van der Waals surface area contributed by atoms with Crippen molar-refractivity contribution in [3.63, 3.8) is 0 Å². The SMILES string of the molecule is CN(C)CCCn1cncc1C(C)(C)N. The molecule has 0 spiro atoms. The molecular weight excluding hydrogens is 188 g/mol. The first-order valence-electron chi connectivity index (χ1n) is 5.35. The van der Waals surface area contributed by atoms with E-state index in [-0.39, 0.29) is 5.54 Å². The Hall–Kier alpha value is -0.870. The number of hydrogen-bond donors (Lipinski definition) is 1. The molecule has 0 aliphatic rings. The van der Waals surface area contributed by atoms with Gasteiger partial charge < -0.3 is 15.2 Å². The average Bonchev–Trinajstić information content (AvgIpc) is 2.50. The van der Waals surface area contributed by atoms with Gasteiger partial charge in [0.2, 0.25) is 0 Å². The second kappa shape index (κ2) is 4.77. The molecule has 1 aromatic rings. The molecule has 0 amide bonds. The number of nitrogens with zero attached hydrogens (tertiary/aromatic N) is 3. The van der Waals surface area contributed by atoms with Crippen molar-refractivity contribution in [2.24, 2.45) is 5.73 Å². The van der Waals surface area contributed by atoms with E-state index in [1.54, 1.807) is 0 Å². The van der Waals surface area contributed by atoms with Crippen LogP contribution in [0.1, 0.15) is 26.0 Å². The summed E-state index contributed by atoms with van der Waals surface area (Å²) >= 11 is 0. The molecule has 4 nitrogen and oxygen atoms in total. The van der Waals surface area contributed by atoms with E-state index in [4.69, 9.17) is 5.73 Å². The summed E-state index contributed by atoms with van der Waals surface area (Å²) in [5.41, 5.74) is 6.85. The maximum absolute atomic E-state index is 6.06. The molecule has 0 bridgehead atoms. The molecule has 4 heteroatoms. The quantitative estimate of drug-likeness (QED) is 0.789. The van der Waals surface area contributed by atoms with Crippen LogP contribution < -0.4 is 5.73 Å². The van der Waals surface area contributed by atoms with Gasteiger partial charge in [-0.25, -0.2) is 4.98 Å². The van der Waals surface area contributed by atoms with Crippen molar-refractivity contribution >= 4 is 0 Å². The number of nitrogens with two attached hydrogens (primary N) is 1. The molecule has 0 aliphatic heterocycles. The first-order chi connectivity index (χ1) is 6.91. The normalized spacial score (nSPS) is 12.4. The van der Waals surface area contributed by atoms with Crippen molar-refractivity contribution in [1.29, 1.82) is 0 Å². The maximum Gasteiger partial charge on any atom is 0.0948 e. The summed E-state index contributed by atoms with van der Waals surface area (Å²) in [6.07, 6.45) is 4.84. The number of imidazole rings is 1. The van der Waals surface area contributed by atoms with E-state index in [0.717, 1.165) is 25.2 Å². The zero-order chi connectivity index (χ0) is 11.5. The summed E-state index contributed by atoms with van der Waals surface area (Å²) in [4.78, 5) is 6.34. The van der Waals surface area contributed by atoms with E-state index >= 15 is 0 Å². The highest BCUT2D eigenvalue weighted by atomic mass is 15.1. The molecule has 0 aliphatic carbocycles. The van der Waals surface area contributed by atoms with Gasteiger partial charge in [-0.05, 0) is 40.9 Å². The van der Waals surface area contributed by atoms with Crippen LogP contribution in [0, 0.1) is 0 Å². The fourth-order valence-electron chi connectivity index (χ4n) is 1.59. The smallest absolute Gasteiger partial charge is 0.0948 e. The Morgan fingerprint density at radius 2 is 2.13 bits per heavy atom. The standard InChI is InChI=1S/C11H22N4/c1-11(2,12)10-8-13-9-15(10)7-5-6-14(3)4/h8-9H,5-7,12H2,1-4H3. The molecule has 2 N–H and O–H groups in total. The van der Waals surface area contributed by atoms with Crippen LogP contribution in [0.5, 0.6) is 0 Å². The van der Waals surface area contributed by atoms with E-state index in [2.05, 4.69) is 28.5 Å². The van der Waals surface area contributed by atoms with Crippen LogP contribution in [0.4, 0.5) is 0 Å². The van der Waals surface area contributed by atoms with Gasteiger partial charge in [0.1, 0.15) is 0 Å². The van der Waals surface area contributed by atoms with Crippen LogP contribution in [0.3, 0.4) is 0 Å². The first kappa shape index (κ1) is 12.2. The molecule has 1 aromatic heterocycles. The summed E-state index contributed by atoms with van der Waals surface area (Å²) in [5.74, 6) is 0. The lowest BCUT2D eigenvalue weighted by atomic mass is 10.0. The second-order valence-corrected chi connectivity index (χ2v) is 4.85. The van der Waals surface area contributed by atoms with Gasteiger partial charge in [0.15, 0.2) is 0 Å². The Bertz CT molecular complexity index is 296. The predicted molar refractivity (Wildman–Crippen MR) is 62.6 cm³/mol. The molecule has 0 radical (unpaired) electrons. The summed E-state index contributed by atoms with van der Waals surface area (Å²) in [7, 11) is 4.17.